The first kappa shape index (κ1) is 12.0. The van der Waals surface area contributed by atoms with Crippen molar-refractivity contribution in [3.8, 4) is 0 Å². The van der Waals surface area contributed by atoms with E-state index in [0.29, 0.717) is 0 Å². The third-order valence-electron chi connectivity index (χ3n) is 2.30. The van der Waals surface area contributed by atoms with E-state index in [0.717, 1.165) is 29.7 Å². The third kappa shape index (κ3) is 2.36. The largest absolute Gasteiger partial charge is 0.399 e. The zero-order chi connectivity index (χ0) is 12.5. The van der Waals surface area contributed by atoms with Crippen LogP contribution in [0.5, 0.6) is 0 Å². The summed E-state index contributed by atoms with van der Waals surface area (Å²) >= 11 is 6.66. The van der Waals surface area contributed by atoms with Gasteiger partial charge in [0.1, 0.15) is 5.03 Å². The Bertz CT molecular complexity index is 711. The molecule has 2 aromatic heterocycles. The van der Waals surface area contributed by atoms with E-state index in [1.54, 1.807) is 29.3 Å². The molecule has 2 N–H and O–H groups in total. The van der Waals surface area contributed by atoms with Crippen LogP contribution in [-0.4, -0.2) is 9.97 Å². The number of hydrogen-bond acceptors (Lipinski definition) is 5. The second-order valence-corrected chi connectivity index (χ2v) is 6.72. The molecule has 3 rings (SSSR count). The summed E-state index contributed by atoms with van der Waals surface area (Å²) in [5, 5.41) is 0.921. The summed E-state index contributed by atoms with van der Waals surface area (Å²) < 4.78 is 3.05. The molecule has 6 heteroatoms. The fourth-order valence-electron chi connectivity index (χ4n) is 1.49. The number of nitrogens with zero attached hydrogens (tertiary/aromatic N) is 2. The Kier molecular flexibility index (Phi) is 3.23. The zero-order valence-electron chi connectivity index (χ0n) is 9.13. The molecular weight excluding hydrogens is 330 g/mol. The van der Waals surface area contributed by atoms with E-state index in [2.05, 4.69) is 25.9 Å². The molecule has 3 nitrogen and oxygen atoms in total. The van der Waals surface area contributed by atoms with Gasteiger partial charge in [0.15, 0.2) is 4.34 Å². The average Bonchev–Trinajstić information content (AvgIpc) is 2.73. The number of fused-ring (bicyclic) bond motifs is 1. The van der Waals surface area contributed by atoms with Crippen LogP contribution in [0.4, 0.5) is 5.69 Å². The lowest BCUT2D eigenvalue weighted by atomic mass is 10.3. The highest BCUT2D eigenvalue weighted by atomic mass is 79.9. The molecule has 0 saturated carbocycles. The third-order valence-corrected chi connectivity index (χ3v) is 5.30. The van der Waals surface area contributed by atoms with Gasteiger partial charge >= 0.3 is 0 Å². The Morgan fingerprint density at radius 2 is 2.17 bits per heavy atom. The lowest BCUT2D eigenvalue weighted by Gasteiger charge is -1.98. The van der Waals surface area contributed by atoms with Crippen LogP contribution in [0.1, 0.15) is 0 Å². The number of aromatic nitrogens is 2. The Morgan fingerprint density at radius 3 is 3.00 bits per heavy atom. The Labute approximate surface area is 121 Å². The number of pyridine rings is 1. The molecule has 0 aliphatic rings. The minimum absolute atomic E-state index is 0.765. The van der Waals surface area contributed by atoms with E-state index >= 15 is 0 Å². The Hall–Kier alpha value is -1.11. The highest BCUT2D eigenvalue weighted by Gasteiger charge is 2.08. The van der Waals surface area contributed by atoms with Gasteiger partial charge in [-0.2, -0.15) is 0 Å². The van der Waals surface area contributed by atoms with Crippen LogP contribution in [-0.2, 0) is 0 Å². The van der Waals surface area contributed by atoms with E-state index in [9.17, 15) is 0 Å². The summed E-state index contributed by atoms with van der Waals surface area (Å²) in [5.41, 5.74) is 7.50. The minimum atomic E-state index is 0.765. The lowest BCUT2D eigenvalue weighted by Crippen LogP contribution is -1.81. The van der Waals surface area contributed by atoms with Gasteiger partial charge in [-0.15, -0.1) is 11.3 Å². The van der Waals surface area contributed by atoms with Crippen molar-refractivity contribution in [3.05, 3.63) is 41.0 Å². The predicted molar refractivity (Wildman–Crippen MR) is 80.1 cm³/mol. The van der Waals surface area contributed by atoms with Crippen molar-refractivity contribution >= 4 is 54.9 Å². The molecule has 0 radical (unpaired) electrons. The van der Waals surface area contributed by atoms with Gasteiger partial charge in [0, 0.05) is 11.9 Å². The SMILES string of the molecule is Nc1ccc2nc(Sc3ncccc3Br)sc2c1. The van der Waals surface area contributed by atoms with Gasteiger partial charge in [0.2, 0.25) is 0 Å². The second kappa shape index (κ2) is 4.87. The van der Waals surface area contributed by atoms with Gasteiger partial charge in [-0.3, -0.25) is 0 Å². The molecule has 0 bridgehead atoms. The summed E-state index contributed by atoms with van der Waals surface area (Å²) in [6.07, 6.45) is 1.78. The van der Waals surface area contributed by atoms with Crippen molar-refractivity contribution in [1.82, 2.24) is 9.97 Å². The van der Waals surface area contributed by atoms with E-state index in [1.165, 1.54) is 0 Å². The van der Waals surface area contributed by atoms with E-state index < -0.39 is 0 Å². The van der Waals surface area contributed by atoms with Gasteiger partial charge in [0.25, 0.3) is 0 Å². The number of hydrogen-bond donors (Lipinski definition) is 1. The number of nitrogen functional groups attached to an aromatic ring is 1. The standard InChI is InChI=1S/C12H8BrN3S2/c13-8-2-1-5-15-11(8)18-12-16-9-4-3-7(14)6-10(9)17-12/h1-6H,14H2. The molecule has 0 saturated heterocycles. The van der Waals surface area contributed by atoms with Crippen molar-refractivity contribution in [2.45, 2.75) is 9.37 Å². The molecule has 0 amide bonds. The highest BCUT2D eigenvalue weighted by Crippen LogP contribution is 2.36. The molecule has 18 heavy (non-hydrogen) atoms. The topological polar surface area (TPSA) is 51.8 Å². The summed E-state index contributed by atoms with van der Waals surface area (Å²) in [7, 11) is 0. The fourth-order valence-corrected chi connectivity index (χ4v) is 4.00. The molecule has 0 aliphatic heterocycles. The zero-order valence-corrected chi connectivity index (χ0v) is 12.3. The number of anilines is 1. The van der Waals surface area contributed by atoms with Crippen molar-refractivity contribution in [1.29, 1.82) is 0 Å². The van der Waals surface area contributed by atoms with Crippen LogP contribution in [0, 0.1) is 0 Å². The van der Waals surface area contributed by atoms with Crippen molar-refractivity contribution in [3.63, 3.8) is 0 Å². The van der Waals surface area contributed by atoms with E-state index in [1.807, 2.05) is 30.3 Å². The van der Waals surface area contributed by atoms with Gasteiger partial charge in [-0.05, 0) is 58.0 Å². The number of benzene rings is 1. The Morgan fingerprint density at radius 1 is 1.28 bits per heavy atom. The molecule has 0 spiro atoms. The van der Waals surface area contributed by atoms with Crippen molar-refractivity contribution in [2.75, 3.05) is 5.73 Å². The van der Waals surface area contributed by atoms with Crippen LogP contribution in [0.25, 0.3) is 10.2 Å². The van der Waals surface area contributed by atoms with Crippen LogP contribution in [0.2, 0.25) is 0 Å². The van der Waals surface area contributed by atoms with E-state index in [4.69, 9.17) is 5.73 Å². The van der Waals surface area contributed by atoms with Crippen LogP contribution >= 0.6 is 39.0 Å². The quantitative estimate of drug-likeness (QED) is 0.712. The molecule has 1 aromatic carbocycles. The molecule has 0 unspecified atom stereocenters. The first-order chi connectivity index (χ1) is 8.72. The van der Waals surface area contributed by atoms with Crippen LogP contribution in [0.15, 0.2) is 50.4 Å². The number of rotatable bonds is 2. The van der Waals surface area contributed by atoms with E-state index in [-0.39, 0.29) is 0 Å². The lowest BCUT2D eigenvalue weighted by molar-refractivity contribution is 1.10. The first-order valence-electron chi connectivity index (χ1n) is 5.17. The second-order valence-electron chi connectivity index (χ2n) is 3.60. The number of halogens is 1. The highest BCUT2D eigenvalue weighted by molar-refractivity contribution is 9.10. The smallest absolute Gasteiger partial charge is 0.157 e. The van der Waals surface area contributed by atoms with Crippen molar-refractivity contribution in [2.24, 2.45) is 0 Å². The van der Waals surface area contributed by atoms with Crippen LogP contribution < -0.4 is 5.73 Å². The Balaban J connectivity index is 1.98. The van der Waals surface area contributed by atoms with Gasteiger partial charge < -0.3 is 5.73 Å². The van der Waals surface area contributed by atoms with Gasteiger partial charge in [0.05, 0.1) is 14.7 Å². The van der Waals surface area contributed by atoms with Crippen LogP contribution in [0.3, 0.4) is 0 Å². The molecular formula is C12H8BrN3S2. The molecule has 0 atom stereocenters. The summed E-state index contributed by atoms with van der Waals surface area (Å²) in [4.78, 5) is 8.87. The predicted octanol–water partition coefficient (Wildman–Crippen LogP) is 4.19. The molecule has 90 valence electrons. The normalized spacial score (nSPS) is 10.9. The average molecular weight is 338 g/mol. The molecule has 3 aromatic rings. The van der Waals surface area contributed by atoms with Gasteiger partial charge in [-0.1, -0.05) is 0 Å². The van der Waals surface area contributed by atoms with Gasteiger partial charge in [-0.25, -0.2) is 9.97 Å². The summed E-state index contributed by atoms with van der Waals surface area (Å²) in [5.74, 6) is 0. The maximum absolute atomic E-state index is 5.76. The fraction of sp³-hybridized carbons (Fsp3) is 0. The maximum atomic E-state index is 5.76. The summed E-state index contributed by atoms with van der Waals surface area (Å²) in [6, 6.07) is 9.63. The van der Waals surface area contributed by atoms with Crippen molar-refractivity contribution < 1.29 is 0 Å². The number of nitrogens with two attached hydrogens (primary N) is 1. The maximum Gasteiger partial charge on any atom is 0.157 e. The molecule has 0 fully saturated rings. The minimum Gasteiger partial charge on any atom is -0.399 e. The molecule has 2 heterocycles. The first-order valence-corrected chi connectivity index (χ1v) is 7.59. The molecule has 0 aliphatic carbocycles. The monoisotopic (exact) mass is 337 g/mol. The number of thiazole rings is 1. The summed E-state index contributed by atoms with van der Waals surface area (Å²) in [6.45, 7) is 0.